The predicted octanol–water partition coefficient (Wildman–Crippen LogP) is 1.89. The van der Waals surface area contributed by atoms with Gasteiger partial charge < -0.3 is 9.64 Å². The van der Waals surface area contributed by atoms with Crippen LogP contribution in [-0.4, -0.2) is 41.6 Å². The molecule has 104 valence electrons. The topological polar surface area (TPSA) is 55.3 Å². The van der Waals surface area contributed by atoms with Crippen LogP contribution in [0.3, 0.4) is 0 Å². The SMILES string of the molecule is CCOC(=O)c1nccc(N2CCC(F)(F)CC2)n1. The van der Waals surface area contributed by atoms with E-state index in [-0.39, 0.29) is 38.4 Å². The molecule has 1 aromatic rings. The Bertz CT molecular complexity index is 458. The molecular weight excluding hydrogens is 256 g/mol. The van der Waals surface area contributed by atoms with E-state index in [4.69, 9.17) is 4.74 Å². The van der Waals surface area contributed by atoms with Crippen LogP contribution in [-0.2, 0) is 4.74 Å². The fourth-order valence-electron chi connectivity index (χ4n) is 1.88. The number of carbonyl (C=O) groups excluding carboxylic acids is 1. The third-order valence-electron chi connectivity index (χ3n) is 2.92. The Hall–Kier alpha value is -1.79. The van der Waals surface area contributed by atoms with E-state index >= 15 is 0 Å². The standard InChI is InChI=1S/C12H15F2N3O2/c1-2-19-11(18)10-15-6-3-9(16-10)17-7-4-12(13,14)5-8-17/h3,6H,2,4-5,7-8H2,1H3. The van der Waals surface area contributed by atoms with Crippen LogP contribution in [0.15, 0.2) is 12.3 Å². The van der Waals surface area contributed by atoms with E-state index in [0.29, 0.717) is 5.82 Å². The molecule has 1 aromatic heterocycles. The lowest BCUT2D eigenvalue weighted by molar-refractivity contribution is -0.0221. The first-order chi connectivity index (χ1) is 9.02. The van der Waals surface area contributed by atoms with E-state index < -0.39 is 11.9 Å². The van der Waals surface area contributed by atoms with Crippen LogP contribution in [0, 0.1) is 0 Å². The quantitative estimate of drug-likeness (QED) is 0.786. The van der Waals surface area contributed by atoms with Gasteiger partial charge in [0.15, 0.2) is 0 Å². The van der Waals surface area contributed by atoms with Crippen LogP contribution in [0.25, 0.3) is 0 Å². The number of aromatic nitrogens is 2. The number of carbonyl (C=O) groups is 1. The number of rotatable bonds is 3. The monoisotopic (exact) mass is 271 g/mol. The van der Waals surface area contributed by atoms with Gasteiger partial charge in [-0.3, -0.25) is 0 Å². The van der Waals surface area contributed by atoms with Crippen molar-refractivity contribution in [1.82, 2.24) is 9.97 Å². The molecule has 0 radical (unpaired) electrons. The molecule has 19 heavy (non-hydrogen) atoms. The molecule has 7 heteroatoms. The summed E-state index contributed by atoms with van der Waals surface area (Å²) < 4.78 is 30.9. The summed E-state index contributed by atoms with van der Waals surface area (Å²) >= 11 is 0. The molecule has 0 aromatic carbocycles. The molecular formula is C12H15F2N3O2. The summed E-state index contributed by atoms with van der Waals surface area (Å²) in [4.78, 5) is 21.1. The number of hydrogen-bond acceptors (Lipinski definition) is 5. The summed E-state index contributed by atoms with van der Waals surface area (Å²) in [7, 11) is 0. The molecule has 0 aliphatic carbocycles. The Morgan fingerprint density at radius 1 is 1.47 bits per heavy atom. The third-order valence-corrected chi connectivity index (χ3v) is 2.92. The van der Waals surface area contributed by atoms with E-state index in [1.54, 1.807) is 17.9 Å². The number of anilines is 1. The molecule has 1 aliphatic heterocycles. The lowest BCUT2D eigenvalue weighted by Crippen LogP contribution is -2.39. The number of ether oxygens (including phenoxy) is 1. The summed E-state index contributed by atoms with van der Waals surface area (Å²) in [6, 6.07) is 1.60. The van der Waals surface area contributed by atoms with Crippen molar-refractivity contribution < 1.29 is 18.3 Å². The fourth-order valence-corrected chi connectivity index (χ4v) is 1.88. The van der Waals surface area contributed by atoms with Crippen molar-refractivity contribution in [3.05, 3.63) is 18.1 Å². The van der Waals surface area contributed by atoms with Gasteiger partial charge >= 0.3 is 5.97 Å². The maximum absolute atomic E-state index is 13.1. The third kappa shape index (κ3) is 3.36. The Morgan fingerprint density at radius 2 is 2.16 bits per heavy atom. The zero-order valence-electron chi connectivity index (χ0n) is 10.6. The van der Waals surface area contributed by atoms with Gasteiger partial charge in [0.05, 0.1) is 6.61 Å². The van der Waals surface area contributed by atoms with E-state index in [0.717, 1.165) is 0 Å². The van der Waals surface area contributed by atoms with E-state index in [1.807, 2.05) is 0 Å². The van der Waals surface area contributed by atoms with Crippen molar-refractivity contribution in [1.29, 1.82) is 0 Å². The van der Waals surface area contributed by atoms with Crippen LogP contribution in [0.2, 0.25) is 0 Å². The molecule has 0 atom stereocenters. The highest BCUT2D eigenvalue weighted by atomic mass is 19.3. The maximum atomic E-state index is 13.1. The van der Waals surface area contributed by atoms with Gasteiger partial charge in [-0.15, -0.1) is 0 Å². The van der Waals surface area contributed by atoms with Crippen molar-refractivity contribution in [3.63, 3.8) is 0 Å². The summed E-state index contributed by atoms with van der Waals surface area (Å²) in [5, 5.41) is 0. The summed E-state index contributed by atoms with van der Waals surface area (Å²) in [5.41, 5.74) is 0. The van der Waals surface area contributed by atoms with E-state index in [2.05, 4.69) is 9.97 Å². The second kappa shape index (κ2) is 5.46. The van der Waals surface area contributed by atoms with Crippen LogP contribution in [0.5, 0.6) is 0 Å². The van der Waals surface area contributed by atoms with Crippen LogP contribution >= 0.6 is 0 Å². The van der Waals surface area contributed by atoms with Gasteiger partial charge in [0.2, 0.25) is 5.82 Å². The minimum Gasteiger partial charge on any atom is -0.460 e. The highest BCUT2D eigenvalue weighted by Gasteiger charge is 2.34. The highest BCUT2D eigenvalue weighted by molar-refractivity contribution is 5.85. The average molecular weight is 271 g/mol. The Labute approximate surface area is 109 Å². The molecule has 0 bridgehead atoms. The molecule has 1 aliphatic rings. The fraction of sp³-hybridized carbons (Fsp3) is 0.583. The lowest BCUT2D eigenvalue weighted by Gasteiger charge is -2.32. The first kappa shape index (κ1) is 13.6. The van der Waals surface area contributed by atoms with Crippen LogP contribution in [0.1, 0.15) is 30.4 Å². The first-order valence-corrected chi connectivity index (χ1v) is 6.15. The molecule has 1 fully saturated rings. The zero-order chi connectivity index (χ0) is 13.9. The van der Waals surface area contributed by atoms with Gasteiger partial charge in [-0.2, -0.15) is 0 Å². The number of piperidine rings is 1. The molecule has 0 unspecified atom stereocenters. The normalized spacial score (nSPS) is 18.2. The molecule has 0 N–H and O–H groups in total. The number of hydrogen-bond donors (Lipinski definition) is 0. The minimum absolute atomic E-state index is 0.0447. The number of halogens is 2. The van der Waals surface area contributed by atoms with Gasteiger partial charge in [0, 0.05) is 32.1 Å². The zero-order valence-corrected chi connectivity index (χ0v) is 10.6. The Balaban J connectivity index is 2.09. The minimum atomic E-state index is -2.60. The lowest BCUT2D eigenvalue weighted by atomic mass is 10.1. The second-order valence-electron chi connectivity index (χ2n) is 4.30. The average Bonchev–Trinajstić information content (AvgIpc) is 2.39. The second-order valence-corrected chi connectivity index (χ2v) is 4.30. The molecule has 0 spiro atoms. The van der Waals surface area contributed by atoms with Crippen molar-refractivity contribution in [2.45, 2.75) is 25.7 Å². The molecule has 1 saturated heterocycles. The van der Waals surface area contributed by atoms with Crippen LogP contribution < -0.4 is 4.90 Å². The number of nitrogens with zero attached hydrogens (tertiary/aromatic N) is 3. The molecule has 5 nitrogen and oxygen atoms in total. The molecule has 0 saturated carbocycles. The highest BCUT2D eigenvalue weighted by Crippen LogP contribution is 2.29. The van der Waals surface area contributed by atoms with Crippen molar-refractivity contribution in [2.24, 2.45) is 0 Å². The smallest absolute Gasteiger partial charge is 0.376 e. The van der Waals surface area contributed by atoms with Gasteiger partial charge in [0.25, 0.3) is 5.92 Å². The Morgan fingerprint density at radius 3 is 2.79 bits per heavy atom. The maximum Gasteiger partial charge on any atom is 0.376 e. The number of alkyl halides is 2. The van der Waals surface area contributed by atoms with Gasteiger partial charge in [0.1, 0.15) is 5.82 Å². The largest absolute Gasteiger partial charge is 0.460 e. The molecule has 2 rings (SSSR count). The first-order valence-electron chi connectivity index (χ1n) is 6.15. The van der Waals surface area contributed by atoms with Gasteiger partial charge in [-0.25, -0.2) is 23.5 Å². The summed E-state index contributed by atoms with van der Waals surface area (Å²) in [6.07, 6.45) is 1.03. The Kier molecular flexibility index (Phi) is 3.92. The number of esters is 1. The van der Waals surface area contributed by atoms with Crippen molar-refractivity contribution in [3.8, 4) is 0 Å². The summed E-state index contributed by atoms with van der Waals surface area (Å²) in [5.74, 6) is -2.77. The molecule has 0 amide bonds. The van der Waals surface area contributed by atoms with Crippen LogP contribution in [0.4, 0.5) is 14.6 Å². The molecule has 2 heterocycles. The van der Waals surface area contributed by atoms with E-state index in [9.17, 15) is 13.6 Å². The van der Waals surface area contributed by atoms with Gasteiger partial charge in [-0.1, -0.05) is 0 Å². The predicted molar refractivity (Wildman–Crippen MR) is 64.4 cm³/mol. The summed E-state index contributed by atoms with van der Waals surface area (Å²) in [6.45, 7) is 2.36. The van der Waals surface area contributed by atoms with Gasteiger partial charge in [-0.05, 0) is 13.0 Å². The van der Waals surface area contributed by atoms with E-state index in [1.165, 1.54) is 6.20 Å². The van der Waals surface area contributed by atoms with Crippen molar-refractivity contribution in [2.75, 3.05) is 24.6 Å². The van der Waals surface area contributed by atoms with Crippen molar-refractivity contribution >= 4 is 11.8 Å².